The third-order valence-electron chi connectivity index (χ3n) is 3.29. The van der Waals surface area contributed by atoms with E-state index in [1.165, 1.54) is 7.11 Å². The molecule has 0 aliphatic rings. The van der Waals surface area contributed by atoms with Crippen LogP contribution in [0.4, 0.5) is 4.79 Å². The van der Waals surface area contributed by atoms with Gasteiger partial charge >= 0.3 is 12.1 Å². The molecule has 0 heterocycles. The number of rotatable bonds is 9. The molecule has 1 amide bonds. The average molecular weight is 323 g/mol. The first-order valence-electron chi connectivity index (χ1n) is 7.75. The zero-order valence-electron chi connectivity index (χ0n) is 13.9. The normalized spacial score (nSPS) is 13.0. The summed E-state index contributed by atoms with van der Waals surface area (Å²) in [5.74, 6) is -0.564. The van der Waals surface area contributed by atoms with Crippen molar-refractivity contribution in [3.8, 4) is 0 Å². The number of benzene rings is 1. The standard InChI is InChI=1S/C17H25NO5/c1-4-5-11-22-13(2)15(16(19)21-3)18-17(20)23-12-14-9-7-6-8-10-14/h6-10,13,15H,4-5,11-12H2,1-3H3,(H,18,20)/t13?,15-/m0/s1. The maximum Gasteiger partial charge on any atom is 0.408 e. The van der Waals surface area contributed by atoms with Crippen molar-refractivity contribution < 1.29 is 23.8 Å². The molecule has 23 heavy (non-hydrogen) atoms. The highest BCUT2D eigenvalue weighted by Gasteiger charge is 2.29. The zero-order chi connectivity index (χ0) is 17.1. The summed E-state index contributed by atoms with van der Waals surface area (Å²) in [7, 11) is 1.27. The Labute approximate surface area is 137 Å². The van der Waals surface area contributed by atoms with Gasteiger partial charge in [-0.15, -0.1) is 0 Å². The van der Waals surface area contributed by atoms with E-state index >= 15 is 0 Å². The van der Waals surface area contributed by atoms with Crippen molar-refractivity contribution in [1.29, 1.82) is 0 Å². The molecule has 1 aromatic rings. The van der Waals surface area contributed by atoms with E-state index in [-0.39, 0.29) is 6.61 Å². The molecule has 128 valence electrons. The Kier molecular flexibility index (Phi) is 8.75. The van der Waals surface area contributed by atoms with Crippen molar-refractivity contribution in [2.75, 3.05) is 13.7 Å². The summed E-state index contributed by atoms with van der Waals surface area (Å²) in [5, 5.41) is 2.50. The Morgan fingerprint density at radius 3 is 2.52 bits per heavy atom. The van der Waals surface area contributed by atoms with E-state index in [1.54, 1.807) is 6.92 Å². The van der Waals surface area contributed by atoms with E-state index in [0.717, 1.165) is 18.4 Å². The fourth-order valence-corrected chi connectivity index (χ4v) is 1.90. The second kappa shape index (κ2) is 10.6. The van der Waals surface area contributed by atoms with Gasteiger partial charge in [0, 0.05) is 6.61 Å². The molecule has 1 aromatic carbocycles. The topological polar surface area (TPSA) is 73.9 Å². The summed E-state index contributed by atoms with van der Waals surface area (Å²) >= 11 is 0. The van der Waals surface area contributed by atoms with Gasteiger partial charge in [0.2, 0.25) is 0 Å². The van der Waals surface area contributed by atoms with Crippen molar-refractivity contribution >= 4 is 12.1 Å². The Balaban J connectivity index is 2.51. The lowest BCUT2D eigenvalue weighted by atomic mass is 10.2. The predicted molar refractivity (Wildman–Crippen MR) is 85.9 cm³/mol. The molecule has 0 aromatic heterocycles. The minimum absolute atomic E-state index is 0.131. The first-order valence-corrected chi connectivity index (χ1v) is 7.75. The lowest BCUT2D eigenvalue weighted by Gasteiger charge is -2.23. The second-order valence-corrected chi connectivity index (χ2v) is 5.14. The summed E-state index contributed by atoms with van der Waals surface area (Å²) in [6, 6.07) is 8.39. The van der Waals surface area contributed by atoms with E-state index < -0.39 is 24.2 Å². The molecule has 0 radical (unpaired) electrons. The SMILES string of the molecule is CCCCOC(C)[C@H](NC(=O)OCc1ccccc1)C(=O)OC. The second-order valence-electron chi connectivity index (χ2n) is 5.14. The molecule has 0 fully saturated rings. The summed E-state index contributed by atoms with van der Waals surface area (Å²) in [4.78, 5) is 23.7. The molecular weight excluding hydrogens is 298 g/mol. The Bertz CT molecular complexity index is 477. The van der Waals surface area contributed by atoms with Gasteiger partial charge in [-0.25, -0.2) is 9.59 Å². The molecule has 0 aliphatic heterocycles. The maximum atomic E-state index is 11.9. The number of esters is 1. The number of nitrogens with one attached hydrogen (secondary N) is 1. The molecule has 0 spiro atoms. The molecule has 0 saturated carbocycles. The third-order valence-corrected chi connectivity index (χ3v) is 3.29. The molecule has 0 bridgehead atoms. The van der Waals surface area contributed by atoms with Crippen molar-refractivity contribution in [2.24, 2.45) is 0 Å². The number of carbonyl (C=O) groups excluding carboxylic acids is 2. The van der Waals surface area contributed by atoms with Crippen LogP contribution in [0.1, 0.15) is 32.3 Å². The van der Waals surface area contributed by atoms with Crippen LogP contribution in [0, 0.1) is 0 Å². The van der Waals surface area contributed by atoms with Crippen molar-refractivity contribution in [3.05, 3.63) is 35.9 Å². The number of unbranched alkanes of at least 4 members (excludes halogenated alkanes) is 1. The van der Waals surface area contributed by atoms with Crippen LogP contribution in [0.5, 0.6) is 0 Å². The van der Waals surface area contributed by atoms with Crippen molar-refractivity contribution in [1.82, 2.24) is 5.32 Å². The van der Waals surface area contributed by atoms with Crippen molar-refractivity contribution in [2.45, 2.75) is 45.4 Å². The van der Waals surface area contributed by atoms with Crippen molar-refractivity contribution in [3.63, 3.8) is 0 Å². The molecular formula is C17H25NO5. The summed E-state index contributed by atoms with van der Waals surface area (Å²) in [6.45, 7) is 4.41. The van der Waals surface area contributed by atoms with Gasteiger partial charge in [-0.1, -0.05) is 43.7 Å². The molecule has 0 aliphatic carbocycles. The highest BCUT2D eigenvalue weighted by Crippen LogP contribution is 2.05. The molecule has 0 saturated heterocycles. The summed E-state index contributed by atoms with van der Waals surface area (Å²) in [6.07, 6.45) is 0.687. The fraction of sp³-hybridized carbons (Fsp3) is 0.529. The molecule has 1 N–H and O–H groups in total. The maximum absolute atomic E-state index is 11.9. The number of hydrogen-bond donors (Lipinski definition) is 1. The highest BCUT2D eigenvalue weighted by molar-refractivity contribution is 5.81. The largest absolute Gasteiger partial charge is 0.467 e. The lowest BCUT2D eigenvalue weighted by molar-refractivity contribution is -0.147. The van der Waals surface area contributed by atoms with Gasteiger partial charge in [0.05, 0.1) is 13.2 Å². The van der Waals surface area contributed by atoms with Crippen LogP contribution in [0.3, 0.4) is 0 Å². The van der Waals surface area contributed by atoms with Gasteiger partial charge < -0.3 is 19.5 Å². The number of carbonyl (C=O) groups is 2. The Morgan fingerprint density at radius 1 is 1.22 bits per heavy atom. The van der Waals surface area contributed by atoms with Crippen LogP contribution in [0.25, 0.3) is 0 Å². The van der Waals surface area contributed by atoms with Crippen LogP contribution in [-0.4, -0.2) is 37.9 Å². The number of ether oxygens (including phenoxy) is 3. The molecule has 2 atom stereocenters. The van der Waals surface area contributed by atoms with E-state index in [1.807, 2.05) is 37.3 Å². The van der Waals surface area contributed by atoms with Gasteiger partial charge in [0.15, 0.2) is 6.04 Å². The van der Waals surface area contributed by atoms with Gasteiger partial charge in [0.1, 0.15) is 6.61 Å². The average Bonchev–Trinajstić information content (AvgIpc) is 2.58. The van der Waals surface area contributed by atoms with E-state index in [9.17, 15) is 9.59 Å². The number of methoxy groups -OCH3 is 1. The number of alkyl carbamates (subject to hydrolysis) is 1. The van der Waals surface area contributed by atoms with E-state index in [4.69, 9.17) is 14.2 Å². The van der Waals surface area contributed by atoms with Crippen LogP contribution in [-0.2, 0) is 25.6 Å². The fourth-order valence-electron chi connectivity index (χ4n) is 1.90. The van der Waals surface area contributed by atoms with Gasteiger partial charge in [-0.2, -0.15) is 0 Å². The number of amides is 1. The quantitative estimate of drug-likeness (QED) is 0.558. The minimum atomic E-state index is -0.903. The molecule has 1 unspecified atom stereocenters. The van der Waals surface area contributed by atoms with E-state index in [2.05, 4.69) is 5.32 Å². The predicted octanol–water partition coefficient (Wildman–Crippen LogP) is 2.66. The van der Waals surface area contributed by atoms with Gasteiger partial charge in [-0.05, 0) is 18.9 Å². The lowest BCUT2D eigenvalue weighted by Crippen LogP contribution is -2.49. The van der Waals surface area contributed by atoms with E-state index in [0.29, 0.717) is 6.61 Å². The van der Waals surface area contributed by atoms with Crippen LogP contribution in [0.15, 0.2) is 30.3 Å². The van der Waals surface area contributed by atoms with Gasteiger partial charge in [0.25, 0.3) is 0 Å². The zero-order valence-corrected chi connectivity index (χ0v) is 13.9. The van der Waals surface area contributed by atoms with Crippen LogP contribution in [0.2, 0.25) is 0 Å². The monoisotopic (exact) mass is 323 g/mol. The highest BCUT2D eigenvalue weighted by atomic mass is 16.6. The summed E-state index contributed by atoms with van der Waals surface area (Å²) < 4.78 is 15.4. The van der Waals surface area contributed by atoms with Gasteiger partial charge in [-0.3, -0.25) is 0 Å². The number of hydrogen-bond acceptors (Lipinski definition) is 5. The molecule has 1 rings (SSSR count). The van der Waals surface area contributed by atoms with Crippen LogP contribution < -0.4 is 5.32 Å². The Hall–Kier alpha value is -2.08. The third kappa shape index (κ3) is 7.15. The van der Waals surface area contributed by atoms with Crippen LogP contribution >= 0.6 is 0 Å². The molecule has 6 heteroatoms. The first-order chi connectivity index (χ1) is 11.1. The summed E-state index contributed by atoms with van der Waals surface area (Å²) in [5.41, 5.74) is 0.865. The smallest absolute Gasteiger partial charge is 0.408 e. The Morgan fingerprint density at radius 2 is 1.91 bits per heavy atom. The minimum Gasteiger partial charge on any atom is -0.467 e. The molecule has 6 nitrogen and oxygen atoms in total. The first kappa shape index (κ1) is 19.0.